The predicted molar refractivity (Wildman–Crippen MR) is 121 cm³/mol. The van der Waals surface area contributed by atoms with Gasteiger partial charge in [-0.15, -0.1) is 0 Å². The van der Waals surface area contributed by atoms with Crippen LogP contribution in [0.5, 0.6) is 0 Å². The lowest BCUT2D eigenvalue weighted by atomic mass is 10.1. The molecule has 0 N–H and O–H groups in total. The van der Waals surface area contributed by atoms with E-state index in [4.69, 9.17) is 21.3 Å². The zero-order valence-corrected chi connectivity index (χ0v) is 17.7. The van der Waals surface area contributed by atoms with Gasteiger partial charge in [0.15, 0.2) is 0 Å². The number of aliphatic imine (C=N–C) groups is 1. The fraction of sp³-hybridized carbons (Fsp3) is 0.208. The van der Waals surface area contributed by atoms with Gasteiger partial charge in [-0.05, 0) is 35.8 Å². The Bertz CT molecular complexity index is 933. The van der Waals surface area contributed by atoms with E-state index in [2.05, 4.69) is 80.6 Å². The summed E-state index contributed by atoms with van der Waals surface area (Å²) in [7, 11) is -0.774. The summed E-state index contributed by atoms with van der Waals surface area (Å²) in [6, 6.07) is 27.6. The summed E-state index contributed by atoms with van der Waals surface area (Å²) < 4.78 is 6.03. The first-order valence-electron chi connectivity index (χ1n) is 9.55. The van der Waals surface area contributed by atoms with Crippen molar-refractivity contribution in [3.8, 4) is 0 Å². The van der Waals surface area contributed by atoms with Crippen molar-refractivity contribution in [3.05, 3.63) is 89.4 Å². The van der Waals surface area contributed by atoms with E-state index < -0.39 is 7.92 Å². The molecule has 1 heterocycles. The Balaban J connectivity index is 1.89. The molecule has 1 aliphatic heterocycles. The molecule has 28 heavy (non-hydrogen) atoms. The second kappa shape index (κ2) is 8.47. The van der Waals surface area contributed by atoms with Gasteiger partial charge in [0.05, 0.1) is 16.6 Å². The van der Waals surface area contributed by atoms with E-state index in [9.17, 15) is 0 Å². The normalized spacial score (nSPS) is 16.3. The lowest BCUT2D eigenvalue weighted by Crippen LogP contribution is -2.26. The first-order valence-corrected chi connectivity index (χ1v) is 11.3. The third-order valence-electron chi connectivity index (χ3n) is 4.92. The first-order chi connectivity index (χ1) is 13.6. The van der Waals surface area contributed by atoms with Crippen LogP contribution >= 0.6 is 19.5 Å². The number of benzene rings is 3. The molecule has 0 radical (unpaired) electrons. The summed E-state index contributed by atoms with van der Waals surface area (Å²) in [5.74, 6) is 1.12. The standard InChI is InChI=1S/C24H23ClNOP/c1-17(2)21-16-27-24(26-21)23-20(25)14-9-15-22(23)28(18-10-5-3-6-11-18)19-12-7-4-8-13-19/h3-15,17,21H,16H2,1-2H3/t21-/m0/s1. The topological polar surface area (TPSA) is 21.6 Å². The molecule has 0 spiro atoms. The van der Waals surface area contributed by atoms with E-state index in [-0.39, 0.29) is 6.04 Å². The Morgan fingerprint density at radius 1 is 0.893 bits per heavy atom. The quantitative estimate of drug-likeness (QED) is 0.551. The molecule has 0 fully saturated rings. The summed E-state index contributed by atoms with van der Waals surface area (Å²) in [4.78, 5) is 4.87. The van der Waals surface area contributed by atoms with E-state index in [1.54, 1.807) is 0 Å². The molecule has 3 aromatic rings. The van der Waals surface area contributed by atoms with Gasteiger partial charge in [0.25, 0.3) is 0 Å². The number of nitrogens with zero attached hydrogens (tertiary/aromatic N) is 1. The average Bonchev–Trinajstić information content (AvgIpc) is 3.20. The smallest absolute Gasteiger partial charge is 0.218 e. The molecule has 2 nitrogen and oxygen atoms in total. The minimum absolute atomic E-state index is 0.179. The number of hydrogen-bond donors (Lipinski definition) is 0. The fourth-order valence-electron chi connectivity index (χ4n) is 3.36. The van der Waals surface area contributed by atoms with Gasteiger partial charge in [0.2, 0.25) is 5.90 Å². The maximum atomic E-state index is 6.71. The van der Waals surface area contributed by atoms with Crippen LogP contribution in [0, 0.1) is 5.92 Å². The molecule has 1 atom stereocenters. The van der Waals surface area contributed by atoms with Gasteiger partial charge in [-0.3, -0.25) is 0 Å². The molecule has 142 valence electrons. The highest BCUT2D eigenvalue weighted by atomic mass is 35.5. The lowest BCUT2D eigenvalue weighted by molar-refractivity contribution is 0.292. The van der Waals surface area contributed by atoms with Gasteiger partial charge >= 0.3 is 0 Å². The van der Waals surface area contributed by atoms with Crippen LogP contribution in [0.25, 0.3) is 0 Å². The van der Waals surface area contributed by atoms with Crippen molar-refractivity contribution in [2.75, 3.05) is 6.61 Å². The molecular weight excluding hydrogens is 385 g/mol. The van der Waals surface area contributed by atoms with Crippen LogP contribution in [0.1, 0.15) is 19.4 Å². The van der Waals surface area contributed by atoms with Crippen molar-refractivity contribution < 1.29 is 4.74 Å². The Morgan fingerprint density at radius 3 is 2.04 bits per heavy atom. The molecule has 0 aliphatic carbocycles. The van der Waals surface area contributed by atoms with Gasteiger partial charge in [0, 0.05) is 0 Å². The van der Waals surface area contributed by atoms with Gasteiger partial charge in [-0.25, -0.2) is 4.99 Å². The average molecular weight is 408 g/mol. The zero-order valence-electron chi connectivity index (χ0n) is 16.0. The number of halogens is 1. The molecule has 1 aliphatic rings. The van der Waals surface area contributed by atoms with Crippen molar-refractivity contribution in [1.82, 2.24) is 0 Å². The van der Waals surface area contributed by atoms with Gasteiger partial charge < -0.3 is 4.74 Å². The Hall–Kier alpha value is -2.15. The van der Waals surface area contributed by atoms with Crippen LogP contribution in [-0.2, 0) is 4.74 Å². The molecule has 0 aromatic heterocycles. The van der Waals surface area contributed by atoms with Crippen LogP contribution in [-0.4, -0.2) is 18.5 Å². The van der Waals surface area contributed by atoms with Crippen molar-refractivity contribution in [1.29, 1.82) is 0 Å². The number of ether oxygens (including phenoxy) is 1. The molecule has 3 aromatic carbocycles. The number of rotatable bonds is 5. The Labute approximate surface area is 173 Å². The molecule has 0 amide bonds. The van der Waals surface area contributed by atoms with E-state index in [0.29, 0.717) is 23.4 Å². The molecular formula is C24H23ClNOP. The maximum Gasteiger partial charge on any atom is 0.218 e. The van der Waals surface area contributed by atoms with Crippen LogP contribution in [0.15, 0.2) is 83.9 Å². The van der Waals surface area contributed by atoms with Crippen molar-refractivity contribution in [3.63, 3.8) is 0 Å². The SMILES string of the molecule is CC(C)[C@@H]1COC(c2c(Cl)cccc2P(c2ccccc2)c2ccccc2)=N1. The molecule has 0 saturated heterocycles. The maximum absolute atomic E-state index is 6.71. The van der Waals surface area contributed by atoms with Gasteiger partial charge in [-0.1, -0.05) is 98.2 Å². The predicted octanol–water partition coefficient (Wildman–Crippen LogP) is 4.90. The first kappa shape index (κ1) is 19.2. The van der Waals surface area contributed by atoms with E-state index in [0.717, 1.165) is 5.56 Å². The molecule has 4 heteroatoms. The second-order valence-electron chi connectivity index (χ2n) is 7.20. The molecule has 0 unspecified atom stereocenters. The summed E-state index contributed by atoms with van der Waals surface area (Å²) in [6.45, 7) is 4.97. The zero-order chi connectivity index (χ0) is 19.5. The van der Waals surface area contributed by atoms with E-state index in [1.165, 1.54) is 15.9 Å². The Kier molecular flexibility index (Phi) is 5.80. The monoisotopic (exact) mass is 407 g/mol. The Morgan fingerprint density at radius 2 is 1.50 bits per heavy atom. The number of hydrogen-bond acceptors (Lipinski definition) is 2. The fourth-order valence-corrected chi connectivity index (χ4v) is 6.15. The second-order valence-corrected chi connectivity index (χ2v) is 9.79. The van der Waals surface area contributed by atoms with Crippen LogP contribution in [0.4, 0.5) is 0 Å². The van der Waals surface area contributed by atoms with Crippen LogP contribution in [0.2, 0.25) is 5.02 Å². The molecule has 0 saturated carbocycles. The van der Waals surface area contributed by atoms with Crippen LogP contribution < -0.4 is 15.9 Å². The van der Waals surface area contributed by atoms with E-state index >= 15 is 0 Å². The third-order valence-corrected chi connectivity index (χ3v) is 7.72. The minimum atomic E-state index is -0.774. The van der Waals surface area contributed by atoms with Crippen molar-refractivity contribution in [2.24, 2.45) is 10.9 Å². The van der Waals surface area contributed by atoms with Gasteiger partial charge in [-0.2, -0.15) is 0 Å². The van der Waals surface area contributed by atoms with Gasteiger partial charge in [0.1, 0.15) is 6.61 Å². The molecule has 4 rings (SSSR count). The lowest BCUT2D eigenvalue weighted by Gasteiger charge is -2.22. The summed E-state index contributed by atoms with van der Waals surface area (Å²) >= 11 is 6.71. The highest BCUT2D eigenvalue weighted by Gasteiger charge is 2.29. The highest BCUT2D eigenvalue weighted by molar-refractivity contribution is 7.80. The minimum Gasteiger partial charge on any atom is -0.475 e. The van der Waals surface area contributed by atoms with Crippen LogP contribution in [0.3, 0.4) is 0 Å². The van der Waals surface area contributed by atoms with Crippen molar-refractivity contribution >= 4 is 41.3 Å². The van der Waals surface area contributed by atoms with E-state index in [1.807, 2.05) is 12.1 Å². The third kappa shape index (κ3) is 3.85. The highest BCUT2D eigenvalue weighted by Crippen LogP contribution is 2.36. The summed E-state index contributed by atoms with van der Waals surface area (Å²) in [5.41, 5.74) is 0.936. The molecule has 0 bridgehead atoms. The summed E-state index contributed by atoms with van der Waals surface area (Å²) in [5, 5.41) is 4.44. The van der Waals surface area contributed by atoms with Crippen molar-refractivity contribution in [2.45, 2.75) is 19.9 Å². The largest absolute Gasteiger partial charge is 0.475 e. The summed E-state index contributed by atoms with van der Waals surface area (Å²) in [6.07, 6.45) is 0.